The summed E-state index contributed by atoms with van der Waals surface area (Å²) in [6.45, 7) is 1.31. The van der Waals surface area contributed by atoms with Crippen molar-refractivity contribution in [2.75, 3.05) is 11.6 Å². The van der Waals surface area contributed by atoms with Gasteiger partial charge in [-0.1, -0.05) is 12.1 Å². The highest BCUT2D eigenvalue weighted by Crippen LogP contribution is 2.17. The molecule has 0 bridgehead atoms. The summed E-state index contributed by atoms with van der Waals surface area (Å²) in [5, 5.41) is 2.21. The quantitative estimate of drug-likeness (QED) is 0.825. The number of esters is 1. The van der Waals surface area contributed by atoms with Crippen LogP contribution >= 0.6 is 0 Å². The fourth-order valence-corrected chi connectivity index (χ4v) is 2.72. The third-order valence-electron chi connectivity index (χ3n) is 3.26. The molecule has 0 saturated heterocycles. The number of hydrogen-bond donors (Lipinski definition) is 1. The number of rotatable bonds is 5. The van der Waals surface area contributed by atoms with Crippen molar-refractivity contribution >= 4 is 28.4 Å². The van der Waals surface area contributed by atoms with Crippen LogP contribution in [0.4, 0.5) is 14.5 Å². The Kier molecular flexibility index (Phi) is 5.97. The first kappa shape index (κ1) is 18.7. The van der Waals surface area contributed by atoms with E-state index < -0.39 is 40.4 Å². The molecule has 0 heterocycles. The van der Waals surface area contributed by atoms with Crippen LogP contribution in [0.2, 0.25) is 0 Å². The Morgan fingerprint density at radius 2 is 1.84 bits per heavy atom. The van der Waals surface area contributed by atoms with Gasteiger partial charge in [-0.2, -0.15) is 0 Å². The van der Waals surface area contributed by atoms with Gasteiger partial charge < -0.3 is 10.1 Å². The van der Waals surface area contributed by atoms with E-state index in [0.29, 0.717) is 6.07 Å². The Labute approximate surface area is 145 Å². The normalized spacial score (nSPS) is 13.0. The first-order valence-electron chi connectivity index (χ1n) is 7.19. The SMILES string of the molecule is C[C@H](OC(=O)c1ccccc1[S@@](C)=O)C(=O)Nc1ccc(F)cc1F. The molecule has 0 aliphatic carbocycles. The van der Waals surface area contributed by atoms with Gasteiger partial charge in [0.2, 0.25) is 0 Å². The standard InChI is InChI=1S/C17H15F2NO4S/c1-10(16(21)20-14-8-7-11(18)9-13(14)19)24-17(22)12-5-3-4-6-15(12)25(2)23/h3-10H,1-2H3,(H,20,21)/t10-,25+/m0/s1. The lowest BCUT2D eigenvalue weighted by molar-refractivity contribution is -0.123. The topological polar surface area (TPSA) is 72.5 Å². The molecule has 1 amide bonds. The molecular formula is C17H15F2NO4S. The molecular weight excluding hydrogens is 352 g/mol. The van der Waals surface area contributed by atoms with Gasteiger partial charge in [0.05, 0.1) is 26.9 Å². The molecule has 8 heteroatoms. The molecule has 25 heavy (non-hydrogen) atoms. The predicted molar refractivity (Wildman–Crippen MR) is 88.6 cm³/mol. The highest BCUT2D eigenvalue weighted by atomic mass is 32.2. The van der Waals surface area contributed by atoms with Gasteiger partial charge in [0.1, 0.15) is 11.6 Å². The zero-order valence-electron chi connectivity index (χ0n) is 13.4. The highest BCUT2D eigenvalue weighted by molar-refractivity contribution is 7.84. The van der Waals surface area contributed by atoms with Gasteiger partial charge >= 0.3 is 5.97 Å². The molecule has 132 valence electrons. The number of ether oxygens (including phenoxy) is 1. The molecule has 5 nitrogen and oxygen atoms in total. The van der Waals surface area contributed by atoms with E-state index in [-0.39, 0.29) is 16.1 Å². The number of carbonyl (C=O) groups excluding carboxylic acids is 2. The molecule has 0 fully saturated rings. The Morgan fingerprint density at radius 3 is 2.48 bits per heavy atom. The van der Waals surface area contributed by atoms with E-state index in [2.05, 4.69) is 5.32 Å². The van der Waals surface area contributed by atoms with Crippen molar-refractivity contribution in [2.45, 2.75) is 17.9 Å². The molecule has 0 saturated carbocycles. The molecule has 1 N–H and O–H groups in total. The van der Waals surface area contributed by atoms with Crippen LogP contribution in [-0.4, -0.2) is 28.4 Å². The van der Waals surface area contributed by atoms with Crippen LogP contribution in [0.1, 0.15) is 17.3 Å². The minimum atomic E-state index is -1.41. The second kappa shape index (κ2) is 7.98. The molecule has 2 aromatic carbocycles. The molecule has 0 radical (unpaired) electrons. The maximum atomic E-state index is 13.5. The van der Waals surface area contributed by atoms with E-state index in [1.165, 1.54) is 25.3 Å². The summed E-state index contributed by atoms with van der Waals surface area (Å²) in [6.07, 6.45) is 0.176. The van der Waals surface area contributed by atoms with Gasteiger partial charge in [-0.05, 0) is 31.2 Å². The van der Waals surface area contributed by atoms with Crippen LogP contribution in [0.25, 0.3) is 0 Å². The summed E-state index contributed by atoms with van der Waals surface area (Å²) in [5.41, 5.74) is -0.152. The molecule has 0 aliphatic heterocycles. The third-order valence-corrected chi connectivity index (χ3v) is 4.23. The molecule has 0 aliphatic rings. The van der Waals surface area contributed by atoms with E-state index in [9.17, 15) is 22.6 Å². The second-order valence-electron chi connectivity index (χ2n) is 5.11. The minimum absolute atomic E-state index is 0.0796. The van der Waals surface area contributed by atoms with Crippen molar-refractivity contribution in [3.63, 3.8) is 0 Å². The van der Waals surface area contributed by atoms with E-state index in [1.807, 2.05) is 0 Å². The lowest BCUT2D eigenvalue weighted by atomic mass is 10.2. The number of carbonyl (C=O) groups is 2. The van der Waals surface area contributed by atoms with Gasteiger partial charge in [-0.25, -0.2) is 13.6 Å². The van der Waals surface area contributed by atoms with Gasteiger partial charge in [-0.3, -0.25) is 9.00 Å². The van der Waals surface area contributed by atoms with Crippen LogP contribution in [-0.2, 0) is 20.3 Å². The van der Waals surface area contributed by atoms with Crippen LogP contribution in [0.15, 0.2) is 47.4 Å². The van der Waals surface area contributed by atoms with Crippen molar-refractivity contribution in [2.24, 2.45) is 0 Å². The van der Waals surface area contributed by atoms with Gasteiger partial charge in [0.15, 0.2) is 6.10 Å². The lowest BCUT2D eigenvalue weighted by Gasteiger charge is -2.15. The second-order valence-corrected chi connectivity index (χ2v) is 6.46. The van der Waals surface area contributed by atoms with E-state index in [1.54, 1.807) is 12.1 Å². The fraction of sp³-hybridized carbons (Fsp3) is 0.176. The van der Waals surface area contributed by atoms with Gasteiger partial charge in [-0.15, -0.1) is 0 Å². The Morgan fingerprint density at radius 1 is 1.16 bits per heavy atom. The van der Waals surface area contributed by atoms with Crippen LogP contribution in [0.5, 0.6) is 0 Å². The summed E-state index contributed by atoms with van der Waals surface area (Å²) < 4.78 is 43.1. The smallest absolute Gasteiger partial charge is 0.340 e. The number of amides is 1. The first-order valence-corrected chi connectivity index (χ1v) is 8.74. The number of hydrogen-bond acceptors (Lipinski definition) is 4. The summed E-state index contributed by atoms with van der Waals surface area (Å²) >= 11 is 0. The zero-order valence-corrected chi connectivity index (χ0v) is 14.2. The Hall–Kier alpha value is -2.61. The predicted octanol–water partition coefficient (Wildman–Crippen LogP) is 2.89. The molecule has 0 spiro atoms. The van der Waals surface area contributed by atoms with E-state index >= 15 is 0 Å². The van der Waals surface area contributed by atoms with Crippen molar-refractivity contribution in [3.8, 4) is 0 Å². The van der Waals surface area contributed by atoms with Gasteiger partial charge in [0, 0.05) is 12.3 Å². The molecule has 0 unspecified atom stereocenters. The van der Waals surface area contributed by atoms with Gasteiger partial charge in [0.25, 0.3) is 5.91 Å². The summed E-state index contributed by atoms with van der Waals surface area (Å²) in [6, 6.07) is 8.83. The van der Waals surface area contributed by atoms with Crippen molar-refractivity contribution < 1.29 is 27.3 Å². The number of halogens is 2. The number of benzene rings is 2. The summed E-state index contributed by atoms with van der Waals surface area (Å²) in [7, 11) is -1.41. The zero-order chi connectivity index (χ0) is 18.6. The monoisotopic (exact) mass is 367 g/mol. The molecule has 2 rings (SSSR count). The minimum Gasteiger partial charge on any atom is -0.449 e. The first-order chi connectivity index (χ1) is 11.8. The average Bonchev–Trinajstić information content (AvgIpc) is 2.57. The van der Waals surface area contributed by atoms with Crippen molar-refractivity contribution in [3.05, 3.63) is 59.7 Å². The van der Waals surface area contributed by atoms with Crippen LogP contribution in [0, 0.1) is 11.6 Å². The Balaban J connectivity index is 2.08. The van der Waals surface area contributed by atoms with Crippen molar-refractivity contribution in [1.29, 1.82) is 0 Å². The largest absolute Gasteiger partial charge is 0.449 e. The number of anilines is 1. The fourth-order valence-electron chi connectivity index (χ4n) is 1.99. The molecule has 2 atom stereocenters. The average molecular weight is 367 g/mol. The third kappa shape index (κ3) is 4.69. The van der Waals surface area contributed by atoms with E-state index in [0.717, 1.165) is 12.1 Å². The molecule has 0 aromatic heterocycles. The number of nitrogens with one attached hydrogen (secondary N) is 1. The Bertz CT molecular complexity index is 841. The van der Waals surface area contributed by atoms with Crippen molar-refractivity contribution in [1.82, 2.24) is 0 Å². The highest BCUT2D eigenvalue weighted by Gasteiger charge is 2.22. The summed E-state index contributed by atoms with van der Waals surface area (Å²) in [5.74, 6) is -3.33. The van der Waals surface area contributed by atoms with Crippen LogP contribution in [0.3, 0.4) is 0 Å². The summed E-state index contributed by atoms with van der Waals surface area (Å²) in [4.78, 5) is 24.5. The van der Waals surface area contributed by atoms with Crippen LogP contribution < -0.4 is 5.32 Å². The lowest BCUT2D eigenvalue weighted by Crippen LogP contribution is -2.30. The molecule has 2 aromatic rings. The maximum absolute atomic E-state index is 13.5. The maximum Gasteiger partial charge on any atom is 0.340 e. The van der Waals surface area contributed by atoms with E-state index in [4.69, 9.17) is 4.74 Å².